The second-order valence-corrected chi connectivity index (χ2v) is 7.91. The van der Waals surface area contributed by atoms with Gasteiger partial charge in [0.1, 0.15) is 11.4 Å². The molecule has 0 aliphatic carbocycles. The van der Waals surface area contributed by atoms with Gasteiger partial charge < -0.3 is 30.6 Å². The number of nitrogens with zero attached hydrogens (tertiary/aromatic N) is 1. The van der Waals surface area contributed by atoms with Crippen LogP contribution in [-0.4, -0.2) is 48.4 Å². The highest BCUT2D eigenvalue weighted by Crippen LogP contribution is 2.28. The number of benzene rings is 2. The number of amides is 2. The molecule has 0 atom stereocenters. The van der Waals surface area contributed by atoms with Crippen LogP contribution in [0.25, 0.3) is 0 Å². The lowest BCUT2D eigenvalue weighted by Crippen LogP contribution is -2.23. The van der Waals surface area contributed by atoms with Crippen LogP contribution in [0.1, 0.15) is 17.3 Å². The molecule has 0 unspecified atom stereocenters. The van der Waals surface area contributed by atoms with Gasteiger partial charge in [-0.3, -0.25) is 19.4 Å². The number of carbonyl (C=O) groups is 2. The third kappa shape index (κ3) is 6.67. The summed E-state index contributed by atoms with van der Waals surface area (Å²) in [5.74, 6) is 0.428. The smallest absolute Gasteiger partial charge is 0.277 e. The fraction of sp³-hybridized carbons (Fsp3) is 0.217. The van der Waals surface area contributed by atoms with Crippen LogP contribution in [0.2, 0.25) is 0 Å². The van der Waals surface area contributed by atoms with Crippen molar-refractivity contribution in [1.29, 1.82) is 0 Å². The molecule has 0 saturated carbocycles. The number of anilines is 3. The molecule has 2 aromatic carbocycles. The van der Waals surface area contributed by atoms with Crippen molar-refractivity contribution in [2.75, 3.05) is 42.9 Å². The molecular formula is C23H25N5O6S. The van der Waals surface area contributed by atoms with E-state index in [1.807, 2.05) is 6.92 Å². The van der Waals surface area contributed by atoms with Crippen LogP contribution in [0.4, 0.5) is 17.2 Å². The van der Waals surface area contributed by atoms with Crippen molar-refractivity contribution in [3.05, 3.63) is 58.4 Å². The summed E-state index contributed by atoms with van der Waals surface area (Å²) in [6, 6.07) is 11.5. The second-order valence-electron chi connectivity index (χ2n) is 6.95. The highest BCUT2D eigenvalue weighted by Gasteiger charge is 2.16. The monoisotopic (exact) mass is 499 g/mol. The standard InChI is InChI=1S/C23H25N5O6S/c1-4-34-15-8-6-14(7-9-15)25-18(29)12-35-23-27-20(24)19(22(31)28-23)26-21(30)13-5-10-16(32-2)17(11-13)33-3/h5-11H,4,12H2,1-3H3,(H,25,29)(H,26,30)(H3,24,27,28,31). The van der Waals surface area contributed by atoms with Crippen molar-refractivity contribution < 1.29 is 23.8 Å². The summed E-state index contributed by atoms with van der Waals surface area (Å²) < 4.78 is 15.7. The van der Waals surface area contributed by atoms with Crippen LogP contribution < -0.4 is 36.1 Å². The predicted octanol–water partition coefficient (Wildman–Crippen LogP) is 2.75. The molecular weight excluding hydrogens is 474 g/mol. The first-order chi connectivity index (χ1) is 16.8. The van der Waals surface area contributed by atoms with Gasteiger partial charge in [0, 0.05) is 11.3 Å². The number of nitrogen functional groups attached to an aromatic ring is 1. The molecule has 0 fully saturated rings. The van der Waals surface area contributed by atoms with E-state index in [-0.39, 0.29) is 33.9 Å². The molecule has 3 rings (SSSR count). The van der Waals surface area contributed by atoms with E-state index in [0.717, 1.165) is 11.8 Å². The van der Waals surface area contributed by atoms with E-state index in [1.165, 1.54) is 26.4 Å². The zero-order chi connectivity index (χ0) is 25.4. The summed E-state index contributed by atoms with van der Waals surface area (Å²) in [5.41, 5.74) is 5.88. The number of hydrogen-bond acceptors (Lipinski definition) is 9. The Morgan fingerprint density at radius 3 is 2.40 bits per heavy atom. The number of hydrogen-bond donors (Lipinski definition) is 4. The predicted molar refractivity (Wildman–Crippen MR) is 134 cm³/mol. The molecule has 3 aromatic rings. The average Bonchev–Trinajstić information content (AvgIpc) is 2.85. The molecule has 35 heavy (non-hydrogen) atoms. The molecule has 1 heterocycles. The summed E-state index contributed by atoms with van der Waals surface area (Å²) in [6.07, 6.45) is 0. The van der Waals surface area contributed by atoms with E-state index in [9.17, 15) is 14.4 Å². The molecule has 184 valence electrons. The van der Waals surface area contributed by atoms with E-state index in [1.54, 1.807) is 30.3 Å². The molecule has 0 radical (unpaired) electrons. The number of aromatic amines is 1. The number of ether oxygens (including phenoxy) is 3. The van der Waals surface area contributed by atoms with Crippen molar-refractivity contribution in [3.8, 4) is 17.2 Å². The number of H-pyrrole nitrogens is 1. The number of nitrogens with two attached hydrogens (primary N) is 1. The Bertz CT molecular complexity index is 1260. The Hall–Kier alpha value is -4.19. The van der Waals surface area contributed by atoms with Gasteiger partial charge in [-0.25, -0.2) is 4.98 Å². The highest BCUT2D eigenvalue weighted by molar-refractivity contribution is 7.99. The molecule has 11 nitrogen and oxygen atoms in total. The van der Waals surface area contributed by atoms with Crippen molar-refractivity contribution in [1.82, 2.24) is 9.97 Å². The van der Waals surface area contributed by atoms with Gasteiger partial charge in [-0.1, -0.05) is 11.8 Å². The van der Waals surface area contributed by atoms with Gasteiger partial charge in [-0.15, -0.1) is 0 Å². The first-order valence-corrected chi connectivity index (χ1v) is 11.4. The Morgan fingerprint density at radius 2 is 1.77 bits per heavy atom. The van der Waals surface area contributed by atoms with E-state index in [4.69, 9.17) is 19.9 Å². The molecule has 0 bridgehead atoms. The number of methoxy groups -OCH3 is 2. The third-order valence-electron chi connectivity index (χ3n) is 4.60. The van der Waals surface area contributed by atoms with Crippen LogP contribution in [0, 0.1) is 0 Å². The lowest BCUT2D eigenvalue weighted by atomic mass is 10.2. The number of aromatic nitrogens is 2. The molecule has 5 N–H and O–H groups in total. The zero-order valence-electron chi connectivity index (χ0n) is 19.3. The maximum atomic E-state index is 12.6. The summed E-state index contributed by atoms with van der Waals surface area (Å²) in [7, 11) is 2.92. The van der Waals surface area contributed by atoms with E-state index < -0.39 is 11.5 Å². The van der Waals surface area contributed by atoms with Crippen molar-refractivity contribution in [3.63, 3.8) is 0 Å². The van der Waals surface area contributed by atoms with E-state index in [2.05, 4.69) is 20.6 Å². The van der Waals surface area contributed by atoms with Gasteiger partial charge in [0.25, 0.3) is 11.5 Å². The minimum Gasteiger partial charge on any atom is -0.494 e. The topological polar surface area (TPSA) is 158 Å². The van der Waals surface area contributed by atoms with Gasteiger partial charge in [-0.2, -0.15) is 0 Å². The average molecular weight is 500 g/mol. The Labute approximate surface area is 205 Å². The molecule has 1 aromatic heterocycles. The normalized spacial score (nSPS) is 10.4. The molecule has 0 spiro atoms. The Kier molecular flexibility index (Phi) is 8.57. The summed E-state index contributed by atoms with van der Waals surface area (Å²) in [6.45, 7) is 2.44. The van der Waals surface area contributed by atoms with Crippen LogP contribution in [0.3, 0.4) is 0 Å². The van der Waals surface area contributed by atoms with Gasteiger partial charge in [-0.05, 0) is 49.4 Å². The minimum atomic E-state index is -0.652. The maximum Gasteiger partial charge on any atom is 0.277 e. The number of nitrogens with one attached hydrogen (secondary N) is 3. The van der Waals surface area contributed by atoms with E-state index >= 15 is 0 Å². The lowest BCUT2D eigenvalue weighted by molar-refractivity contribution is -0.113. The largest absolute Gasteiger partial charge is 0.494 e. The quantitative estimate of drug-likeness (QED) is 0.243. The number of thioether (sulfide) groups is 1. The summed E-state index contributed by atoms with van der Waals surface area (Å²) in [4.78, 5) is 44.0. The minimum absolute atomic E-state index is 0.0209. The van der Waals surface area contributed by atoms with Crippen LogP contribution in [-0.2, 0) is 4.79 Å². The molecule has 2 amide bonds. The van der Waals surface area contributed by atoms with Crippen LogP contribution in [0.5, 0.6) is 17.2 Å². The molecule has 0 aliphatic heterocycles. The third-order valence-corrected chi connectivity index (χ3v) is 5.47. The summed E-state index contributed by atoms with van der Waals surface area (Å²) in [5, 5.41) is 5.34. The second kappa shape index (κ2) is 11.8. The van der Waals surface area contributed by atoms with Crippen molar-refractivity contribution >= 4 is 40.8 Å². The van der Waals surface area contributed by atoms with Crippen LogP contribution >= 0.6 is 11.8 Å². The van der Waals surface area contributed by atoms with Gasteiger partial charge in [0.15, 0.2) is 22.5 Å². The first-order valence-electron chi connectivity index (χ1n) is 10.4. The fourth-order valence-electron chi connectivity index (χ4n) is 2.95. The van der Waals surface area contributed by atoms with Crippen molar-refractivity contribution in [2.45, 2.75) is 12.1 Å². The Morgan fingerprint density at radius 1 is 1.06 bits per heavy atom. The molecule has 0 aliphatic rings. The number of rotatable bonds is 10. The highest BCUT2D eigenvalue weighted by atomic mass is 32.2. The maximum absolute atomic E-state index is 12.6. The van der Waals surface area contributed by atoms with Gasteiger partial charge in [0.2, 0.25) is 5.91 Å². The van der Waals surface area contributed by atoms with Gasteiger partial charge in [0.05, 0.1) is 26.6 Å². The SMILES string of the molecule is CCOc1ccc(NC(=O)CSc2nc(N)c(NC(=O)c3ccc(OC)c(OC)c3)c(=O)[nH]2)cc1. The molecule has 0 saturated heterocycles. The molecule has 12 heteroatoms. The Balaban J connectivity index is 1.62. The lowest BCUT2D eigenvalue weighted by Gasteiger charge is -2.11. The zero-order valence-corrected chi connectivity index (χ0v) is 20.2. The van der Waals surface area contributed by atoms with Gasteiger partial charge >= 0.3 is 0 Å². The van der Waals surface area contributed by atoms with Crippen LogP contribution in [0.15, 0.2) is 52.4 Å². The van der Waals surface area contributed by atoms with Crippen molar-refractivity contribution in [2.24, 2.45) is 0 Å². The fourth-order valence-corrected chi connectivity index (χ4v) is 3.62. The number of carbonyl (C=O) groups excluding carboxylic acids is 2. The van der Waals surface area contributed by atoms with E-state index in [0.29, 0.717) is 29.5 Å². The summed E-state index contributed by atoms with van der Waals surface area (Å²) >= 11 is 0.994. The first kappa shape index (κ1) is 25.4.